The van der Waals surface area contributed by atoms with Gasteiger partial charge in [0.05, 0.1) is 6.54 Å². The van der Waals surface area contributed by atoms with Crippen molar-refractivity contribution < 1.29 is 4.42 Å². The topological polar surface area (TPSA) is 54.2 Å². The van der Waals surface area contributed by atoms with Crippen LogP contribution in [0, 0.1) is 0 Å². The summed E-state index contributed by atoms with van der Waals surface area (Å²) in [4.78, 5) is 1.99. The fourth-order valence-corrected chi connectivity index (χ4v) is 1.62. The van der Waals surface area contributed by atoms with Crippen LogP contribution in [-0.4, -0.2) is 35.7 Å². The minimum Gasteiger partial charge on any atom is -0.407 e. The number of rotatable bonds is 6. The van der Waals surface area contributed by atoms with E-state index in [4.69, 9.17) is 4.42 Å². The van der Waals surface area contributed by atoms with Gasteiger partial charge in [-0.05, 0) is 26.1 Å². The van der Waals surface area contributed by atoms with Gasteiger partial charge in [0.25, 0.3) is 0 Å². The summed E-state index contributed by atoms with van der Waals surface area (Å²) in [6.45, 7) is 1.45. The summed E-state index contributed by atoms with van der Waals surface area (Å²) in [5.74, 6) is 0.627. The average Bonchev–Trinajstić information content (AvgIpc) is 2.77. The van der Waals surface area contributed by atoms with Crippen LogP contribution in [0.2, 0.25) is 0 Å². The van der Waals surface area contributed by atoms with Gasteiger partial charge < -0.3 is 14.6 Å². The van der Waals surface area contributed by atoms with E-state index in [1.54, 1.807) is 0 Å². The second kappa shape index (κ2) is 6.16. The molecular weight excluding hydrogens is 228 g/mol. The molecular formula is C13H18N4O. The maximum atomic E-state index is 5.46. The lowest BCUT2D eigenvalue weighted by atomic mass is 10.1. The van der Waals surface area contributed by atoms with E-state index in [0.29, 0.717) is 18.5 Å². The maximum absolute atomic E-state index is 5.46. The van der Waals surface area contributed by atoms with Crippen LogP contribution in [0.3, 0.4) is 0 Å². The van der Waals surface area contributed by atoms with Crippen molar-refractivity contribution in [2.75, 3.05) is 26.0 Å². The number of nitrogens with zero attached hydrogens (tertiary/aromatic N) is 3. The van der Waals surface area contributed by atoms with Crippen molar-refractivity contribution in [3.63, 3.8) is 0 Å². The molecule has 0 aliphatic carbocycles. The molecule has 0 saturated carbocycles. The highest BCUT2D eigenvalue weighted by atomic mass is 16.4. The van der Waals surface area contributed by atoms with Gasteiger partial charge >= 0.3 is 6.01 Å². The lowest BCUT2D eigenvalue weighted by molar-refractivity contribution is 0.344. The van der Waals surface area contributed by atoms with Gasteiger partial charge in [-0.2, -0.15) is 0 Å². The molecule has 0 aliphatic rings. The molecule has 0 fully saturated rings. The Hall–Kier alpha value is -1.88. The van der Waals surface area contributed by atoms with Crippen molar-refractivity contribution in [2.24, 2.45) is 0 Å². The first-order chi connectivity index (χ1) is 8.74. The van der Waals surface area contributed by atoms with Gasteiger partial charge in [-0.1, -0.05) is 35.4 Å². The zero-order valence-electron chi connectivity index (χ0n) is 10.8. The van der Waals surface area contributed by atoms with Crippen molar-refractivity contribution in [1.29, 1.82) is 0 Å². The first kappa shape index (κ1) is 12.6. The molecule has 0 spiro atoms. The molecule has 0 saturated heterocycles. The third kappa shape index (κ3) is 3.85. The van der Waals surface area contributed by atoms with Crippen LogP contribution in [0.4, 0.5) is 6.01 Å². The van der Waals surface area contributed by atoms with Gasteiger partial charge in [-0.15, -0.1) is 5.10 Å². The highest BCUT2D eigenvalue weighted by Gasteiger charge is 2.05. The van der Waals surface area contributed by atoms with Gasteiger partial charge in [0, 0.05) is 6.54 Å². The molecule has 1 heterocycles. The van der Waals surface area contributed by atoms with Gasteiger partial charge in [0.1, 0.15) is 0 Å². The third-order valence-corrected chi connectivity index (χ3v) is 2.45. The van der Waals surface area contributed by atoms with Crippen LogP contribution >= 0.6 is 0 Å². The van der Waals surface area contributed by atoms with Crippen molar-refractivity contribution in [3.05, 3.63) is 41.8 Å². The van der Waals surface area contributed by atoms with Gasteiger partial charge in [0.2, 0.25) is 5.89 Å². The average molecular weight is 246 g/mol. The van der Waals surface area contributed by atoms with Gasteiger partial charge in [0.15, 0.2) is 0 Å². The second-order valence-electron chi connectivity index (χ2n) is 4.40. The highest BCUT2D eigenvalue weighted by Crippen LogP contribution is 2.07. The molecule has 0 amide bonds. The minimum atomic E-state index is 0.489. The van der Waals surface area contributed by atoms with Gasteiger partial charge in [-0.25, -0.2) is 0 Å². The fraction of sp³-hybridized carbons (Fsp3) is 0.385. The second-order valence-corrected chi connectivity index (χ2v) is 4.40. The molecule has 1 aromatic heterocycles. The Morgan fingerprint density at radius 2 is 1.94 bits per heavy atom. The Balaban J connectivity index is 1.78. The predicted octanol–water partition coefficient (Wildman–Crippen LogP) is 1.79. The van der Waals surface area contributed by atoms with Crippen LogP contribution < -0.4 is 5.32 Å². The van der Waals surface area contributed by atoms with E-state index in [-0.39, 0.29) is 0 Å². The first-order valence-corrected chi connectivity index (χ1v) is 5.99. The number of hydrogen-bond acceptors (Lipinski definition) is 5. The minimum absolute atomic E-state index is 0.489. The van der Waals surface area contributed by atoms with Crippen LogP contribution in [0.25, 0.3) is 0 Å². The molecule has 96 valence electrons. The van der Waals surface area contributed by atoms with E-state index >= 15 is 0 Å². The third-order valence-electron chi connectivity index (χ3n) is 2.45. The SMILES string of the molecule is CN(C)Cc1nnc(NCCc2ccccc2)o1. The lowest BCUT2D eigenvalue weighted by Crippen LogP contribution is -2.10. The van der Waals surface area contributed by atoms with Crippen LogP contribution in [0.1, 0.15) is 11.5 Å². The van der Waals surface area contributed by atoms with E-state index < -0.39 is 0 Å². The van der Waals surface area contributed by atoms with Crippen molar-refractivity contribution in [1.82, 2.24) is 15.1 Å². The Bertz CT molecular complexity index is 467. The largest absolute Gasteiger partial charge is 0.407 e. The number of nitrogens with one attached hydrogen (secondary N) is 1. The number of benzene rings is 1. The summed E-state index contributed by atoms with van der Waals surface area (Å²) in [5.41, 5.74) is 1.29. The Labute approximate surface area is 107 Å². The summed E-state index contributed by atoms with van der Waals surface area (Å²) in [6, 6.07) is 10.8. The Kier molecular flexibility index (Phi) is 4.30. The molecule has 2 aromatic rings. The number of anilines is 1. The molecule has 1 N–H and O–H groups in total. The summed E-state index contributed by atoms with van der Waals surface area (Å²) >= 11 is 0. The van der Waals surface area contributed by atoms with E-state index in [9.17, 15) is 0 Å². The summed E-state index contributed by atoms with van der Waals surface area (Å²) in [7, 11) is 3.93. The molecule has 0 atom stereocenters. The van der Waals surface area contributed by atoms with Crippen molar-refractivity contribution in [3.8, 4) is 0 Å². The molecule has 2 rings (SSSR count). The summed E-state index contributed by atoms with van der Waals surface area (Å²) in [5, 5.41) is 11.0. The lowest BCUT2D eigenvalue weighted by Gasteiger charge is -2.04. The molecule has 1 aromatic carbocycles. The fourth-order valence-electron chi connectivity index (χ4n) is 1.62. The summed E-state index contributed by atoms with van der Waals surface area (Å²) < 4.78 is 5.46. The quantitative estimate of drug-likeness (QED) is 0.842. The molecule has 0 bridgehead atoms. The van der Waals surface area contributed by atoms with E-state index in [1.165, 1.54) is 5.56 Å². The molecule has 0 aliphatic heterocycles. The smallest absolute Gasteiger partial charge is 0.315 e. The monoisotopic (exact) mass is 246 g/mol. The first-order valence-electron chi connectivity index (χ1n) is 5.99. The van der Waals surface area contributed by atoms with Crippen LogP contribution in [0.15, 0.2) is 34.7 Å². The van der Waals surface area contributed by atoms with E-state index in [2.05, 4.69) is 27.6 Å². The van der Waals surface area contributed by atoms with Crippen molar-refractivity contribution >= 4 is 6.01 Å². The number of aromatic nitrogens is 2. The molecule has 0 unspecified atom stereocenters. The highest BCUT2D eigenvalue weighted by molar-refractivity contribution is 5.20. The van der Waals surface area contributed by atoms with Crippen LogP contribution in [0.5, 0.6) is 0 Å². The van der Waals surface area contributed by atoms with Crippen LogP contribution in [-0.2, 0) is 13.0 Å². The standard InChI is InChI=1S/C13H18N4O/c1-17(2)10-12-15-16-13(18-12)14-9-8-11-6-4-3-5-7-11/h3-7H,8-10H2,1-2H3,(H,14,16). The zero-order chi connectivity index (χ0) is 12.8. The Morgan fingerprint density at radius 3 is 2.67 bits per heavy atom. The summed E-state index contributed by atoms with van der Waals surface area (Å²) in [6.07, 6.45) is 0.937. The van der Waals surface area contributed by atoms with Crippen molar-refractivity contribution in [2.45, 2.75) is 13.0 Å². The molecule has 18 heavy (non-hydrogen) atoms. The molecule has 5 heteroatoms. The number of hydrogen-bond donors (Lipinski definition) is 1. The van der Waals surface area contributed by atoms with E-state index in [0.717, 1.165) is 13.0 Å². The molecule has 5 nitrogen and oxygen atoms in total. The van der Waals surface area contributed by atoms with Gasteiger partial charge in [-0.3, -0.25) is 0 Å². The zero-order valence-corrected chi connectivity index (χ0v) is 10.8. The normalized spacial score (nSPS) is 10.8. The Morgan fingerprint density at radius 1 is 1.17 bits per heavy atom. The molecule has 0 radical (unpaired) electrons. The maximum Gasteiger partial charge on any atom is 0.315 e. The predicted molar refractivity (Wildman–Crippen MR) is 70.3 cm³/mol. The van der Waals surface area contributed by atoms with E-state index in [1.807, 2.05) is 37.2 Å².